The fourth-order valence-corrected chi connectivity index (χ4v) is 5.57. The Hall–Kier alpha value is -2.74. The van der Waals surface area contributed by atoms with E-state index in [-0.39, 0.29) is 11.7 Å². The number of ketones is 1. The van der Waals surface area contributed by atoms with Crippen molar-refractivity contribution < 1.29 is 38.1 Å². The fourth-order valence-electron chi connectivity index (χ4n) is 5.57. The minimum Gasteiger partial charge on any atom is -0.454 e. The third-order valence-electron chi connectivity index (χ3n) is 8.75. The van der Waals surface area contributed by atoms with Crippen LogP contribution in [-0.4, -0.2) is 54.2 Å². The van der Waals surface area contributed by atoms with Crippen LogP contribution >= 0.6 is 0 Å². The summed E-state index contributed by atoms with van der Waals surface area (Å²) in [5.74, 6) is -4.25. The van der Waals surface area contributed by atoms with Gasteiger partial charge in [-0.3, -0.25) is 14.4 Å². The van der Waals surface area contributed by atoms with Crippen LogP contribution in [0.2, 0.25) is 0 Å². The maximum atomic E-state index is 13.7. The fraction of sp³-hybridized carbons (Fsp3) is 0.677. The first-order valence-electron chi connectivity index (χ1n) is 14.2. The van der Waals surface area contributed by atoms with Crippen molar-refractivity contribution in [1.82, 2.24) is 0 Å². The predicted molar refractivity (Wildman–Crippen MR) is 145 cm³/mol. The van der Waals surface area contributed by atoms with Crippen LogP contribution in [0.1, 0.15) is 74.7 Å². The lowest BCUT2D eigenvalue weighted by Gasteiger charge is -2.47. The van der Waals surface area contributed by atoms with Crippen molar-refractivity contribution in [3.05, 3.63) is 35.5 Å². The summed E-state index contributed by atoms with van der Waals surface area (Å²) in [5.41, 5.74) is 0.993. The van der Waals surface area contributed by atoms with E-state index in [0.717, 1.165) is 5.57 Å². The summed E-state index contributed by atoms with van der Waals surface area (Å²) >= 11 is 0. The molecule has 3 aliphatic rings. The number of epoxide rings is 1. The Balaban J connectivity index is 2.14. The zero-order valence-corrected chi connectivity index (χ0v) is 24.6. The quantitative estimate of drug-likeness (QED) is 0.126. The number of hydrogen-bond acceptors (Lipinski definition) is 8. The van der Waals surface area contributed by atoms with E-state index in [9.17, 15) is 19.2 Å². The Labute approximate surface area is 232 Å². The average molecular weight is 545 g/mol. The Bertz CT molecular complexity index is 1060. The van der Waals surface area contributed by atoms with E-state index in [1.54, 1.807) is 26.8 Å². The van der Waals surface area contributed by atoms with Crippen molar-refractivity contribution in [2.75, 3.05) is 6.61 Å². The van der Waals surface area contributed by atoms with Crippen molar-refractivity contribution in [2.24, 2.45) is 29.6 Å². The molecule has 0 aromatic rings. The van der Waals surface area contributed by atoms with Crippen molar-refractivity contribution in [2.45, 2.75) is 98.6 Å². The van der Waals surface area contributed by atoms with E-state index in [4.69, 9.17) is 18.9 Å². The number of carbonyl (C=O) groups excluding carboxylic acids is 4. The van der Waals surface area contributed by atoms with Crippen LogP contribution in [0.25, 0.3) is 0 Å². The van der Waals surface area contributed by atoms with Crippen molar-refractivity contribution in [3.63, 3.8) is 0 Å². The van der Waals surface area contributed by atoms with Crippen LogP contribution in [0.4, 0.5) is 0 Å². The second-order valence-corrected chi connectivity index (χ2v) is 11.4. The van der Waals surface area contributed by atoms with Gasteiger partial charge in [0.05, 0.1) is 24.0 Å². The Morgan fingerprint density at radius 1 is 1.03 bits per heavy atom. The maximum absolute atomic E-state index is 13.7. The monoisotopic (exact) mass is 544 g/mol. The number of Topliss-reactive ketones (excluding diaryl/α,β-unsaturated/α-hetero) is 1. The minimum absolute atomic E-state index is 0.305. The molecule has 0 spiro atoms. The van der Waals surface area contributed by atoms with Gasteiger partial charge in [0.1, 0.15) is 6.10 Å². The number of ether oxygens (including phenoxy) is 4. The lowest BCUT2D eigenvalue weighted by atomic mass is 9.63. The Morgan fingerprint density at radius 3 is 2.03 bits per heavy atom. The van der Waals surface area contributed by atoms with Crippen molar-refractivity contribution in [3.8, 4) is 0 Å². The molecule has 2 saturated carbocycles. The van der Waals surface area contributed by atoms with Crippen LogP contribution in [0.5, 0.6) is 0 Å². The van der Waals surface area contributed by atoms with Gasteiger partial charge in [0.25, 0.3) is 0 Å². The van der Waals surface area contributed by atoms with Gasteiger partial charge in [-0.25, -0.2) is 4.79 Å². The Kier molecular flexibility index (Phi) is 9.63. The standard InChI is InChI=1S/C31H44O8/c1-10-16(5)14-21(32)37-28-24(31(9)15-36-31)23-20(13-4)25(33)27(39-30(35)18(7)12-3)22(23)19(8)26(28)38-29(34)17(6)11-2/h13-14,17-18,22-24,26-28H,8,10-12,15H2,1-7,9H3/b16-14-,20-13+/t17-,18-,22-,23+,24-,26-,27-,28+,31+/m1/s1. The summed E-state index contributed by atoms with van der Waals surface area (Å²) < 4.78 is 23.8. The highest BCUT2D eigenvalue weighted by molar-refractivity contribution is 6.04. The van der Waals surface area contributed by atoms with E-state index in [1.165, 1.54) is 6.08 Å². The summed E-state index contributed by atoms with van der Waals surface area (Å²) in [5, 5.41) is 0. The Morgan fingerprint density at radius 2 is 1.56 bits per heavy atom. The van der Waals surface area contributed by atoms with E-state index in [1.807, 2.05) is 34.6 Å². The van der Waals surface area contributed by atoms with Gasteiger partial charge < -0.3 is 18.9 Å². The summed E-state index contributed by atoms with van der Waals surface area (Å²) in [6.45, 7) is 19.4. The van der Waals surface area contributed by atoms with Crippen molar-refractivity contribution in [1.29, 1.82) is 0 Å². The molecule has 9 atom stereocenters. The molecule has 0 unspecified atom stereocenters. The number of carbonyl (C=O) groups is 4. The minimum atomic E-state index is -1.11. The second kappa shape index (κ2) is 12.2. The lowest BCUT2D eigenvalue weighted by Crippen LogP contribution is -2.56. The summed E-state index contributed by atoms with van der Waals surface area (Å²) in [7, 11) is 0. The van der Waals surface area contributed by atoms with E-state index >= 15 is 0 Å². The van der Waals surface area contributed by atoms with E-state index < -0.39 is 65.5 Å². The molecule has 0 aromatic carbocycles. The molecule has 0 aromatic heterocycles. The van der Waals surface area contributed by atoms with Gasteiger partial charge in [-0.05, 0) is 51.2 Å². The summed E-state index contributed by atoms with van der Waals surface area (Å²) in [4.78, 5) is 52.7. The first kappa shape index (κ1) is 30.8. The molecule has 3 rings (SSSR count). The zero-order valence-electron chi connectivity index (χ0n) is 24.6. The highest BCUT2D eigenvalue weighted by Crippen LogP contribution is 2.58. The van der Waals surface area contributed by atoms with E-state index in [0.29, 0.717) is 37.0 Å². The molecule has 0 N–H and O–H groups in total. The number of esters is 3. The highest BCUT2D eigenvalue weighted by Gasteiger charge is 2.67. The molecule has 2 aliphatic carbocycles. The van der Waals surface area contributed by atoms with Crippen LogP contribution in [0.3, 0.4) is 0 Å². The number of fused-ring (bicyclic) bond motifs is 1. The van der Waals surface area contributed by atoms with Gasteiger partial charge in [0, 0.05) is 23.8 Å². The molecular formula is C31H44O8. The second-order valence-electron chi connectivity index (χ2n) is 11.4. The molecule has 216 valence electrons. The smallest absolute Gasteiger partial charge is 0.331 e. The van der Waals surface area contributed by atoms with Crippen LogP contribution in [0, 0.1) is 29.6 Å². The van der Waals surface area contributed by atoms with Crippen LogP contribution in [0.15, 0.2) is 35.5 Å². The van der Waals surface area contributed by atoms with Crippen LogP contribution in [-0.2, 0) is 38.1 Å². The summed E-state index contributed by atoms with van der Waals surface area (Å²) in [6.07, 6.45) is 1.88. The molecule has 39 heavy (non-hydrogen) atoms. The molecule has 1 saturated heterocycles. The van der Waals surface area contributed by atoms with Gasteiger partial charge >= 0.3 is 17.9 Å². The predicted octanol–water partition coefficient (Wildman–Crippen LogP) is 4.91. The number of hydrogen-bond donors (Lipinski definition) is 0. The number of rotatable bonds is 10. The molecule has 0 radical (unpaired) electrons. The van der Waals surface area contributed by atoms with E-state index in [2.05, 4.69) is 6.58 Å². The molecule has 8 heteroatoms. The molecule has 3 fully saturated rings. The third kappa shape index (κ3) is 6.06. The van der Waals surface area contributed by atoms with Gasteiger partial charge in [-0.1, -0.05) is 52.8 Å². The third-order valence-corrected chi connectivity index (χ3v) is 8.75. The lowest BCUT2D eigenvalue weighted by molar-refractivity contribution is -0.180. The zero-order chi connectivity index (χ0) is 29.2. The van der Waals surface area contributed by atoms with Crippen molar-refractivity contribution >= 4 is 23.7 Å². The molecule has 8 nitrogen and oxygen atoms in total. The molecule has 1 heterocycles. The maximum Gasteiger partial charge on any atom is 0.331 e. The van der Waals surface area contributed by atoms with Crippen LogP contribution < -0.4 is 0 Å². The highest BCUT2D eigenvalue weighted by atomic mass is 16.6. The van der Waals surface area contributed by atoms with Gasteiger partial charge in [0.2, 0.25) is 0 Å². The first-order valence-corrected chi connectivity index (χ1v) is 14.2. The first-order chi connectivity index (χ1) is 18.3. The molecular weight excluding hydrogens is 500 g/mol. The summed E-state index contributed by atoms with van der Waals surface area (Å²) in [6, 6.07) is 0. The van der Waals surface area contributed by atoms with Gasteiger partial charge in [0.15, 0.2) is 18.0 Å². The molecule has 0 amide bonds. The SMILES string of the molecule is C=C1[C@@H]2[C@H](/C(=C\C)C(=O)[C@@H]2OC(=O)[C@H](C)CC)[C@@H]([C@]2(C)CO2)[C@H](OC(=O)/C=C(/C)CC)[C@@H]1OC(=O)[C@H](C)CC. The number of allylic oxidation sites excluding steroid dienone is 2. The topological polar surface area (TPSA) is 109 Å². The van der Waals surface area contributed by atoms with Gasteiger partial charge in [-0.2, -0.15) is 0 Å². The normalized spacial score (nSPS) is 34.8. The van der Waals surface area contributed by atoms with Gasteiger partial charge in [-0.15, -0.1) is 0 Å². The molecule has 1 aliphatic heterocycles. The average Bonchev–Trinajstić information content (AvgIpc) is 3.59. The molecule has 0 bridgehead atoms. The largest absolute Gasteiger partial charge is 0.454 e.